The Morgan fingerprint density at radius 1 is 1.18 bits per heavy atom. The second-order valence-electron chi connectivity index (χ2n) is 6.93. The molecule has 0 heterocycles. The molecule has 160 valence electrons. The van der Waals surface area contributed by atoms with Gasteiger partial charge in [0.25, 0.3) is 0 Å². The van der Waals surface area contributed by atoms with E-state index < -0.39 is 5.60 Å². The van der Waals surface area contributed by atoms with Gasteiger partial charge in [0, 0.05) is 24.8 Å². The number of nitrogens with two attached hydrogens (primary N) is 1. The Morgan fingerprint density at radius 3 is 2.36 bits per heavy atom. The third-order valence-electron chi connectivity index (χ3n) is 3.45. The third kappa shape index (κ3) is 9.34. The van der Waals surface area contributed by atoms with Gasteiger partial charge in [0.05, 0.1) is 20.8 Å². The van der Waals surface area contributed by atoms with Gasteiger partial charge < -0.3 is 30.2 Å². The molecular weight excluding hydrogens is 475 g/mol. The van der Waals surface area contributed by atoms with Crippen LogP contribution in [0.4, 0.5) is 10.5 Å². The minimum atomic E-state index is -0.527. The predicted molar refractivity (Wildman–Crippen MR) is 123 cm³/mol. The van der Waals surface area contributed by atoms with Gasteiger partial charge in [-0.3, -0.25) is 4.99 Å². The smallest absolute Gasteiger partial charge is 0.410 e. The number of amides is 1. The highest BCUT2D eigenvalue weighted by Crippen LogP contribution is 2.29. The molecule has 0 aliphatic heterocycles. The molecule has 0 radical (unpaired) electrons. The first kappa shape index (κ1) is 26.1. The molecule has 0 aliphatic rings. The Hall–Kier alpha value is -1.91. The van der Waals surface area contributed by atoms with Crippen molar-refractivity contribution in [3.8, 4) is 11.5 Å². The van der Waals surface area contributed by atoms with Crippen LogP contribution in [0.15, 0.2) is 23.2 Å². The maximum atomic E-state index is 12.2. The molecule has 1 amide bonds. The van der Waals surface area contributed by atoms with Gasteiger partial charge >= 0.3 is 6.09 Å². The summed E-state index contributed by atoms with van der Waals surface area (Å²) in [5, 5.41) is 3.00. The molecule has 8 nitrogen and oxygen atoms in total. The van der Waals surface area contributed by atoms with Crippen molar-refractivity contribution in [3.63, 3.8) is 0 Å². The van der Waals surface area contributed by atoms with E-state index >= 15 is 0 Å². The fourth-order valence-electron chi connectivity index (χ4n) is 2.28. The molecule has 0 unspecified atom stereocenters. The summed E-state index contributed by atoms with van der Waals surface area (Å²) >= 11 is 0. The number of anilines is 1. The molecule has 0 saturated carbocycles. The Bertz CT molecular complexity index is 647. The van der Waals surface area contributed by atoms with Crippen LogP contribution in [0.5, 0.6) is 11.5 Å². The van der Waals surface area contributed by atoms with Crippen LogP contribution >= 0.6 is 24.0 Å². The zero-order valence-electron chi connectivity index (χ0n) is 17.6. The molecule has 0 aliphatic carbocycles. The Morgan fingerprint density at radius 2 is 1.82 bits per heavy atom. The first-order chi connectivity index (χ1) is 12.7. The number of nitrogens with one attached hydrogen (secondary N) is 1. The van der Waals surface area contributed by atoms with E-state index in [1.807, 2.05) is 33.8 Å². The summed E-state index contributed by atoms with van der Waals surface area (Å²) in [6.07, 6.45) is 0.494. The molecule has 0 fully saturated rings. The summed E-state index contributed by atoms with van der Waals surface area (Å²) in [5.41, 5.74) is 6.14. The fourth-order valence-corrected chi connectivity index (χ4v) is 2.28. The van der Waals surface area contributed by atoms with Crippen molar-refractivity contribution >= 4 is 41.7 Å². The second-order valence-corrected chi connectivity index (χ2v) is 6.93. The molecule has 1 rings (SSSR count). The average Bonchev–Trinajstić information content (AvgIpc) is 2.59. The van der Waals surface area contributed by atoms with E-state index in [0.717, 1.165) is 12.1 Å². The van der Waals surface area contributed by atoms with Crippen LogP contribution in [0, 0.1) is 0 Å². The topological polar surface area (TPSA) is 98.4 Å². The van der Waals surface area contributed by atoms with E-state index in [4.69, 9.17) is 19.9 Å². The molecule has 1 aromatic carbocycles. The molecular formula is C19H33IN4O4. The summed E-state index contributed by atoms with van der Waals surface area (Å²) in [6.45, 7) is 8.94. The largest absolute Gasteiger partial charge is 0.493 e. The van der Waals surface area contributed by atoms with Crippen molar-refractivity contribution < 1.29 is 19.0 Å². The minimum absolute atomic E-state index is 0. The molecule has 1 aromatic rings. The van der Waals surface area contributed by atoms with Crippen LogP contribution in [-0.4, -0.2) is 56.4 Å². The van der Waals surface area contributed by atoms with E-state index in [2.05, 4.69) is 10.3 Å². The highest BCUT2D eigenvalue weighted by Gasteiger charge is 2.21. The highest BCUT2D eigenvalue weighted by atomic mass is 127. The quantitative estimate of drug-likeness (QED) is 0.316. The van der Waals surface area contributed by atoms with Crippen molar-refractivity contribution in [2.45, 2.75) is 39.7 Å². The molecule has 3 N–H and O–H groups in total. The van der Waals surface area contributed by atoms with Gasteiger partial charge in [-0.15, -0.1) is 24.0 Å². The number of carbonyl (C=O) groups is 1. The van der Waals surface area contributed by atoms with Crippen LogP contribution in [0.3, 0.4) is 0 Å². The number of ether oxygens (including phenoxy) is 3. The van der Waals surface area contributed by atoms with E-state index in [9.17, 15) is 4.79 Å². The molecule has 0 atom stereocenters. The van der Waals surface area contributed by atoms with Gasteiger partial charge in [0.15, 0.2) is 17.5 Å². The van der Waals surface area contributed by atoms with Gasteiger partial charge in [0.2, 0.25) is 0 Å². The summed E-state index contributed by atoms with van der Waals surface area (Å²) in [6, 6.07) is 5.36. The summed E-state index contributed by atoms with van der Waals surface area (Å²) < 4.78 is 15.9. The van der Waals surface area contributed by atoms with Crippen molar-refractivity contribution in [3.05, 3.63) is 18.2 Å². The Kier molecular flexibility index (Phi) is 11.7. The standard InChI is InChI=1S/C19H32N4O4.HI/c1-7-11-23(18(24)27-19(2,3)4)12-10-21-17(20)22-14-8-9-15(25-5)16(13-14)26-6;/h8-9,13H,7,10-12H2,1-6H3,(H3,20,21,22);1H. The molecule has 0 spiro atoms. The average molecular weight is 508 g/mol. The van der Waals surface area contributed by atoms with Crippen LogP contribution in [0.25, 0.3) is 0 Å². The van der Waals surface area contributed by atoms with Gasteiger partial charge in [-0.2, -0.15) is 0 Å². The lowest BCUT2D eigenvalue weighted by Gasteiger charge is -2.26. The first-order valence-corrected chi connectivity index (χ1v) is 8.97. The van der Waals surface area contributed by atoms with Crippen molar-refractivity contribution in [1.82, 2.24) is 4.90 Å². The van der Waals surface area contributed by atoms with Crippen molar-refractivity contribution in [1.29, 1.82) is 0 Å². The second kappa shape index (κ2) is 12.5. The van der Waals surface area contributed by atoms with Gasteiger partial charge in [0.1, 0.15) is 5.60 Å². The number of aliphatic imine (C=N–C) groups is 1. The maximum Gasteiger partial charge on any atom is 0.410 e. The zero-order valence-corrected chi connectivity index (χ0v) is 19.9. The SMILES string of the molecule is CCCN(CCN=C(N)Nc1ccc(OC)c(OC)c1)C(=O)OC(C)(C)C.I. The van der Waals surface area contributed by atoms with Gasteiger partial charge in [-0.25, -0.2) is 4.79 Å². The van der Waals surface area contributed by atoms with E-state index in [1.165, 1.54) is 0 Å². The molecule has 28 heavy (non-hydrogen) atoms. The Labute approximate surface area is 184 Å². The molecule has 0 aromatic heterocycles. The minimum Gasteiger partial charge on any atom is -0.493 e. The number of guanidine groups is 1. The number of nitrogens with zero attached hydrogens (tertiary/aromatic N) is 2. The van der Waals surface area contributed by atoms with Gasteiger partial charge in [-0.1, -0.05) is 6.92 Å². The number of benzene rings is 1. The first-order valence-electron chi connectivity index (χ1n) is 8.97. The lowest BCUT2D eigenvalue weighted by Crippen LogP contribution is -2.39. The number of methoxy groups -OCH3 is 2. The molecule has 9 heteroatoms. The summed E-state index contributed by atoms with van der Waals surface area (Å²) in [4.78, 5) is 18.1. The van der Waals surface area contributed by atoms with Crippen molar-refractivity contribution in [2.75, 3.05) is 39.2 Å². The van der Waals surface area contributed by atoms with Gasteiger partial charge in [-0.05, 0) is 39.3 Å². The number of halogens is 1. The summed E-state index contributed by atoms with van der Waals surface area (Å²) in [5.74, 6) is 1.48. The van der Waals surface area contributed by atoms with Crippen LogP contribution in [-0.2, 0) is 4.74 Å². The van der Waals surface area contributed by atoms with Crippen LogP contribution in [0.1, 0.15) is 34.1 Å². The Balaban J connectivity index is 0.00000729. The molecule has 0 bridgehead atoms. The van der Waals surface area contributed by atoms with E-state index in [1.54, 1.807) is 31.3 Å². The number of hydrogen-bond acceptors (Lipinski definition) is 5. The lowest BCUT2D eigenvalue weighted by molar-refractivity contribution is 0.0256. The highest BCUT2D eigenvalue weighted by molar-refractivity contribution is 14.0. The number of hydrogen-bond donors (Lipinski definition) is 2. The third-order valence-corrected chi connectivity index (χ3v) is 3.45. The number of rotatable bonds is 8. The monoisotopic (exact) mass is 508 g/mol. The van der Waals surface area contributed by atoms with Crippen LogP contribution in [0.2, 0.25) is 0 Å². The van der Waals surface area contributed by atoms with Crippen molar-refractivity contribution in [2.24, 2.45) is 10.7 Å². The van der Waals surface area contributed by atoms with E-state index in [0.29, 0.717) is 31.1 Å². The van der Waals surface area contributed by atoms with Crippen LogP contribution < -0.4 is 20.5 Å². The predicted octanol–water partition coefficient (Wildman–Crippen LogP) is 3.70. The summed E-state index contributed by atoms with van der Waals surface area (Å²) in [7, 11) is 3.14. The fraction of sp³-hybridized carbons (Fsp3) is 0.579. The molecule has 0 saturated heterocycles. The normalized spacial score (nSPS) is 11.3. The zero-order chi connectivity index (χ0) is 20.4. The van der Waals surface area contributed by atoms with E-state index in [-0.39, 0.29) is 36.0 Å². The number of carbonyl (C=O) groups excluding carboxylic acids is 1. The maximum absolute atomic E-state index is 12.2. The lowest BCUT2D eigenvalue weighted by atomic mass is 10.2.